The smallest absolute Gasteiger partial charge is 0.337 e. The molecule has 1 heterocycles. The van der Waals surface area contributed by atoms with Gasteiger partial charge in [0.2, 0.25) is 5.91 Å². The second-order valence-electron chi connectivity index (χ2n) is 4.39. The van der Waals surface area contributed by atoms with Crippen molar-refractivity contribution in [3.63, 3.8) is 0 Å². The van der Waals surface area contributed by atoms with Crippen molar-refractivity contribution in [3.8, 4) is 0 Å². The van der Waals surface area contributed by atoms with Crippen LogP contribution in [-0.2, 0) is 11.3 Å². The number of carbonyl (C=O) groups excluding carboxylic acids is 1. The van der Waals surface area contributed by atoms with Crippen LogP contribution in [0, 0.1) is 0 Å². The van der Waals surface area contributed by atoms with Gasteiger partial charge < -0.3 is 10.4 Å². The molecule has 0 atom stereocenters. The minimum Gasteiger partial charge on any atom is -0.478 e. The topological polar surface area (TPSA) is 97.1 Å². The van der Waals surface area contributed by atoms with Crippen LogP contribution in [0.5, 0.6) is 0 Å². The molecule has 2 aromatic rings. The summed E-state index contributed by atoms with van der Waals surface area (Å²) in [6.07, 6.45) is 1.12. The number of aryl methyl sites for hydroxylation is 1. The molecule has 0 aliphatic rings. The van der Waals surface area contributed by atoms with E-state index in [1.807, 2.05) is 6.92 Å². The Morgan fingerprint density at radius 3 is 2.90 bits per heavy atom. The number of benzene rings is 1. The fourth-order valence-corrected chi connectivity index (χ4v) is 1.92. The third-order valence-electron chi connectivity index (χ3n) is 2.89. The van der Waals surface area contributed by atoms with Crippen LogP contribution < -0.4 is 5.32 Å². The highest BCUT2D eigenvalue weighted by molar-refractivity contribution is 6.00. The largest absolute Gasteiger partial charge is 0.478 e. The van der Waals surface area contributed by atoms with Crippen molar-refractivity contribution in [1.82, 2.24) is 20.3 Å². The molecule has 7 heteroatoms. The highest BCUT2D eigenvalue weighted by Crippen LogP contribution is 2.16. The molecule has 0 saturated carbocycles. The zero-order valence-corrected chi connectivity index (χ0v) is 11.2. The number of carbonyl (C=O) groups is 2. The number of nitrogens with one attached hydrogen (secondary N) is 1. The molecule has 0 saturated heterocycles. The van der Waals surface area contributed by atoms with Crippen LogP contribution >= 0.6 is 0 Å². The lowest BCUT2D eigenvalue weighted by Crippen LogP contribution is -2.25. The Bertz CT molecular complexity index is 636. The Hall–Kier alpha value is -2.44. The Balaban J connectivity index is 2.18. The van der Waals surface area contributed by atoms with Crippen molar-refractivity contribution in [1.29, 1.82) is 0 Å². The zero-order valence-electron chi connectivity index (χ0n) is 11.2. The van der Waals surface area contributed by atoms with Gasteiger partial charge in [-0.2, -0.15) is 0 Å². The highest BCUT2D eigenvalue weighted by Gasteiger charge is 2.14. The maximum Gasteiger partial charge on any atom is 0.337 e. The number of hydrogen-bond donors (Lipinski definition) is 2. The highest BCUT2D eigenvalue weighted by atomic mass is 16.4. The second kappa shape index (κ2) is 6.14. The lowest BCUT2D eigenvalue weighted by molar-refractivity contribution is -0.121. The molecule has 1 aromatic carbocycles. The summed E-state index contributed by atoms with van der Waals surface area (Å²) in [4.78, 5) is 22.8. The molecule has 0 unspecified atom stereocenters. The fraction of sp³-hybridized carbons (Fsp3) is 0.385. The predicted molar refractivity (Wildman–Crippen MR) is 72.4 cm³/mol. The molecule has 106 valence electrons. The van der Waals surface area contributed by atoms with Gasteiger partial charge >= 0.3 is 5.97 Å². The molecule has 2 rings (SSSR count). The van der Waals surface area contributed by atoms with Crippen molar-refractivity contribution in [2.45, 2.75) is 26.3 Å². The zero-order chi connectivity index (χ0) is 14.5. The first-order valence-corrected chi connectivity index (χ1v) is 6.45. The molecule has 2 N–H and O–H groups in total. The average molecular weight is 276 g/mol. The van der Waals surface area contributed by atoms with Crippen molar-refractivity contribution < 1.29 is 14.7 Å². The Kier molecular flexibility index (Phi) is 4.29. The summed E-state index contributed by atoms with van der Waals surface area (Å²) in [5, 5.41) is 19.8. The number of nitrogens with zero attached hydrogens (tertiary/aromatic N) is 3. The van der Waals surface area contributed by atoms with E-state index in [9.17, 15) is 14.7 Å². The number of para-hydroxylation sites is 1. The molecular formula is C13H16N4O3. The number of fused-ring (bicyclic) bond motifs is 1. The van der Waals surface area contributed by atoms with Gasteiger partial charge in [-0.3, -0.25) is 4.79 Å². The van der Waals surface area contributed by atoms with E-state index in [1.165, 1.54) is 10.7 Å². The fourth-order valence-electron chi connectivity index (χ4n) is 1.92. The predicted octanol–water partition coefficient (Wildman–Crippen LogP) is 1.05. The van der Waals surface area contributed by atoms with E-state index in [2.05, 4.69) is 15.6 Å². The van der Waals surface area contributed by atoms with E-state index in [0.29, 0.717) is 24.1 Å². The lowest BCUT2D eigenvalue weighted by atomic mass is 10.2. The Labute approximate surface area is 115 Å². The van der Waals surface area contributed by atoms with Crippen molar-refractivity contribution in [2.24, 2.45) is 0 Å². The third-order valence-corrected chi connectivity index (χ3v) is 2.89. The third kappa shape index (κ3) is 2.93. The Morgan fingerprint density at radius 1 is 1.40 bits per heavy atom. The van der Waals surface area contributed by atoms with Crippen LogP contribution in [0.1, 0.15) is 30.1 Å². The van der Waals surface area contributed by atoms with Gasteiger partial charge in [-0.1, -0.05) is 18.2 Å². The van der Waals surface area contributed by atoms with Gasteiger partial charge in [0.05, 0.1) is 12.1 Å². The maximum absolute atomic E-state index is 11.6. The summed E-state index contributed by atoms with van der Waals surface area (Å²) in [6, 6.07) is 4.82. The molecular weight excluding hydrogens is 260 g/mol. The molecule has 0 aliphatic heterocycles. The molecule has 0 fully saturated rings. The van der Waals surface area contributed by atoms with E-state index in [0.717, 1.165) is 6.42 Å². The number of amides is 1. The van der Waals surface area contributed by atoms with E-state index in [4.69, 9.17) is 0 Å². The number of rotatable bonds is 6. The van der Waals surface area contributed by atoms with Gasteiger partial charge in [0.1, 0.15) is 11.0 Å². The van der Waals surface area contributed by atoms with Crippen molar-refractivity contribution >= 4 is 22.9 Å². The van der Waals surface area contributed by atoms with E-state index in [-0.39, 0.29) is 17.9 Å². The van der Waals surface area contributed by atoms with Crippen molar-refractivity contribution in [3.05, 3.63) is 23.8 Å². The normalized spacial score (nSPS) is 10.7. The molecule has 7 nitrogen and oxygen atoms in total. The number of hydrogen-bond acceptors (Lipinski definition) is 4. The van der Waals surface area contributed by atoms with Gasteiger partial charge in [0.25, 0.3) is 0 Å². The monoisotopic (exact) mass is 276 g/mol. The van der Waals surface area contributed by atoms with Crippen LogP contribution in [0.25, 0.3) is 11.0 Å². The van der Waals surface area contributed by atoms with Crippen LogP contribution in [0.15, 0.2) is 18.2 Å². The van der Waals surface area contributed by atoms with Crippen LogP contribution in [0.3, 0.4) is 0 Å². The van der Waals surface area contributed by atoms with Gasteiger partial charge in [-0.05, 0) is 18.6 Å². The van der Waals surface area contributed by atoms with E-state index < -0.39 is 5.97 Å². The number of carboxylic acids is 1. The molecule has 1 aromatic heterocycles. The van der Waals surface area contributed by atoms with Gasteiger partial charge in [0, 0.05) is 13.0 Å². The SMILES string of the molecule is CCCNC(=O)CCn1nnc2cccc(C(=O)O)c21. The summed E-state index contributed by atoms with van der Waals surface area (Å²) in [5.41, 5.74) is 1.10. The summed E-state index contributed by atoms with van der Waals surface area (Å²) in [7, 11) is 0. The maximum atomic E-state index is 11.6. The van der Waals surface area contributed by atoms with E-state index in [1.54, 1.807) is 12.1 Å². The molecule has 20 heavy (non-hydrogen) atoms. The minimum atomic E-state index is -1.03. The first-order valence-electron chi connectivity index (χ1n) is 6.45. The van der Waals surface area contributed by atoms with Crippen LogP contribution in [-0.4, -0.2) is 38.5 Å². The van der Waals surface area contributed by atoms with E-state index >= 15 is 0 Å². The quantitative estimate of drug-likeness (QED) is 0.821. The standard InChI is InChI=1S/C13H16N4O3/c1-2-7-14-11(18)6-8-17-12-9(13(19)20)4-3-5-10(12)15-16-17/h3-5H,2,6-8H2,1H3,(H,14,18)(H,19,20). The lowest BCUT2D eigenvalue weighted by Gasteiger charge is -2.05. The molecule has 1 amide bonds. The summed E-state index contributed by atoms with van der Waals surface area (Å²) < 4.78 is 1.46. The van der Waals surface area contributed by atoms with Crippen molar-refractivity contribution in [2.75, 3.05) is 6.54 Å². The molecule has 0 aliphatic carbocycles. The van der Waals surface area contributed by atoms with Gasteiger partial charge in [-0.25, -0.2) is 9.48 Å². The molecule has 0 bridgehead atoms. The first-order chi connectivity index (χ1) is 9.63. The van der Waals surface area contributed by atoms with Crippen LogP contribution in [0.4, 0.5) is 0 Å². The Morgan fingerprint density at radius 2 is 2.20 bits per heavy atom. The van der Waals surface area contributed by atoms with Gasteiger partial charge in [-0.15, -0.1) is 5.10 Å². The summed E-state index contributed by atoms with van der Waals surface area (Å²) in [6.45, 7) is 2.91. The number of aromatic nitrogens is 3. The summed E-state index contributed by atoms with van der Waals surface area (Å²) in [5.74, 6) is -1.11. The van der Waals surface area contributed by atoms with Gasteiger partial charge in [0.15, 0.2) is 0 Å². The first kappa shape index (κ1) is 14.0. The van der Waals surface area contributed by atoms with Crippen LogP contribution in [0.2, 0.25) is 0 Å². The number of carboxylic acid groups (broad SMARTS) is 1. The average Bonchev–Trinajstić information content (AvgIpc) is 2.85. The second-order valence-corrected chi connectivity index (χ2v) is 4.39. The minimum absolute atomic E-state index is 0.0803. The molecule has 0 radical (unpaired) electrons. The summed E-state index contributed by atoms with van der Waals surface area (Å²) >= 11 is 0. The number of aromatic carboxylic acids is 1. The molecule has 0 spiro atoms.